The van der Waals surface area contributed by atoms with E-state index in [1.165, 1.54) is 14.2 Å². The van der Waals surface area contributed by atoms with Crippen molar-refractivity contribution >= 4 is 5.78 Å². The third-order valence-corrected chi connectivity index (χ3v) is 5.72. The molecule has 0 fully saturated rings. The number of carbonyl (C=O) groups excluding carboxylic acids is 1. The molecule has 6 heteroatoms. The summed E-state index contributed by atoms with van der Waals surface area (Å²) in [5, 5.41) is 30.1. The normalized spacial score (nSPS) is 13.1. The van der Waals surface area contributed by atoms with Crippen LogP contribution in [-0.2, 0) is 17.6 Å². The molecule has 0 bridgehead atoms. The maximum Gasteiger partial charge on any atom is 0.160 e. The van der Waals surface area contributed by atoms with Gasteiger partial charge in [0.1, 0.15) is 5.78 Å². The van der Waals surface area contributed by atoms with Crippen LogP contribution in [0.15, 0.2) is 36.4 Å². The van der Waals surface area contributed by atoms with E-state index < -0.39 is 6.10 Å². The summed E-state index contributed by atoms with van der Waals surface area (Å²) >= 11 is 0. The van der Waals surface area contributed by atoms with Crippen LogP contribution >= 0.6 is 0 Å². The maximum atomic E-state index is 13.1. The van der Waals surface area contributed by atoms with E-state index in [0.29, 0.717) is 36.7 Å². The zero-order valence-corrected chi connectivity index (χ0v) is 19.5. The summed E-state index contributed by atoms with van der Waals surface area (Å²) in [4.78, 5) is 13.1. The zero-order chi connectivity index (χ0) is 23.7. The Balaban J connectivity index is 2.00. The van der Waals surface area contributed by atoms with E-state index in [1.54, 1.807) is 30.3 Å². The Morgan fingerprint density at radius 3 is 2.00 bits per heavy atom. The second kappa shape index (κ2) is 12.3. The lowest BCUT2D eigenvalue weighted by atomic mass is 9.86. The summed E-state index contributed by atoms with van der Waals surface area (Å²) in [6.07, 6.45) is 2.62. The smallest absolute Gasteiger partial charge is 0.160 e. The van der Waals surface area contributed by atoms with Gasteiger partial charge in [0.05, 0.1) is 20.3 Å². The SMILES string of the molecule is COc1cc(CC[C@H](O)CC(=O)[C@H](CCC(C)C)Cc2ccc(O)c(OC)c2)ccc1O. The minimum Gasteiger partial charge on any atom is -0.504 e. The third kappa shape index (κ3) is 7.75. The number of ether oxygens (including phenoxy) is 2. The quantitative estimate of drug-likeness (QED) is 0.416. The van der Waals surface area contributed by atoms with Crippen LogP contribution in [0.2, 0.25) is 0 Å². The molecule has 2 aromatic carbocycles. The predicted octanol–water partition coefficient (Wildman–Crippen LogP) is 4.66. The lowest BCUT2D eigenvalue weighted by molar-refractivity contribution is -0.125. The Morgan fingerprint density at radius 2 is 1.44 bits per heavy atom. The number of methoxy groups -OCH3 is 2. The molecule has 32 heavy (non-hydrogen) atoms. The monoisotopic (exact) mass is 444 g/mol. The van der Waals surface area contributed by atoms with Gasteiger partial charge >= 0.3 is 0 Å². The van der Waals surface area contributed by atoms with Crippen molar-refractivity contribution in [3.63, 3.8) is 0 Å². The fourth-order valence-electron chi connectivity index (χ4n) is 3.76. The molecule has 0 spiro atoms. The summed E-state index contributed by atoms with van der Waals surface area (Å²) in [7, 11) is 2.99. The Labute approximate surface area is 190 Å². The van der Waals surface area contributed by atoms with Gasteiger partial charge in [0, 0.05) is 12.3 Å². The largest absolute Gasteiger partial charge is 0.504 e. The molecule has 0 aliphatic heterocycles. The zero-order valence-electron chi connectivity index (χ0n) is 19.5. The highest BCUT2D eigenvalue weighted by Crippen LogP contribution is 2.30. The van der Waals surface area contributed by atoms with Crippen molar-refractivity contribution in [2.45, 2.75) is 58.5 Å². The van der Waals surface area contributed by atoms with Crippen LogP contribution in [-0.4, -0.2) is 41.4 Å². The standard InChI is InChI=1S/C26H36O6/c1-17(2)5-9-20(13-19-8-12-23(29)26(15-19)32-4)24(30)16-21(27)10-6-18-7-11-22(28)25(14-18)31-3/h7-8,11-12,14-15,17,20-21,27-29H,5-6,9-10,13,16H2,1-4H3/t20-,21+/m1/s1. The highest BCUT2D eigenvalue weighted by atomic mass is 16.5. The fourth-order valence-corrected chi connectivity index (χ4v) is 3.76. The number of aryl methyl sites for hydroxylation is 1. The Bertz CT molecular complexity index is 877. The number of aliphatic hydroxyl groups excluding tert-OH is 1. The molecule has 0 saturated carbocycles. The summed E-state index contributed by atoms with van der Waals surface area (Å²) in [6, 6.07) is 10.3. The summed E-state index contributed by atoms with van der Waals surface area (Å²) in [5.41, 5.74) is 1.85. The van der Waals surface area contributed by atoms with Crippen LogP contribution in [0.4, 0.5) is 0 Å². The first-order valence-corrected chi connectivity index (χ1v) is 11.2. The molecule has 2 rings (SSSR count). The number of Topliss-reactive ketones (excluding diaryl/α,β-unsaturated/α-hetero) is 1. The maximum absolute atomic E-state index is 13.1. The first kappa shape index (κ1) is 25.5. The number of aliphatic hydroxyl groups is 1. The third-order valence-electron chi connectivity index (χ3n) is 5.72. The molecule has 176 valence electrons. The molecule has 0 aliphatic carbocycles. The summed E-state index contributed by atoms with van der Waals surface area (Å²) < 4.78 is 10.3. The number of hydrogen-bond donors (Lipinski definition) is 3. The molecule has 0 heterocycles. The predicted molar refractivity (Wildman–Crippen MR) is 125 cm³/mol. The minimum atomic E-state index is -0.738. The van der Waals surface area contributed by atoms with Crippen molar-refractivity contribution < 1.29 is 29.6 Å². The van der Waals surface area contributed by atoms with E-state index in [0.717, 1.165) is 24.0 Å². The number of rotatable bonds is 13. The number of hydrogen-bond acceptors (Lipinski definition) is 6. The molecular formula is C26H36O6. The highest BCUT2D eigenvalue weighted by molar-refractivity contribution is 5.81. The average molecular weight is 445 g/mol. The van der Waals surface area contributed by atoms with E-state index in [9.17, 15) is 20.1 Å². The summed E-state index contributed by atoms with van der Waals surface area (Å²) in [5.74, 6) is 1.26. The molecule has 6 nitrogen and oxygen atoms in total. The van der Waals surface area contributed by atoms with Gasteiger partial charge in [0.2, 0.25) is 0 Å². The molecule has 0 amide bonds. The second-order valence-electron chi connectivity index (χ2n) is 8.75. The molecular weight excluding hydrogens is 408 g/mol. The lowest BCUT2D eigenvalue weighted by Gasteiger charge is -2.20. The van der Waals surface area contributed by atoms with Crippen molar-refractivity contribution in [2.24, 2.45) is 11.8 Å². The molecule has 0 saturated heterocycles. The van der Waals surface area contributed by atoms with Gasteiger partial charge in [0.25, 0.3) is 0 Å². The molecule has 0 aromatic heterocycles. The van der Waals surface area contributed by atoms with Gasteiger partial charge in [-0.05, 0) is 67.0 Å². The summed E-state index contributed by atoms with van der Waals surface area (Å²) in [6.45, 7) is 4.26. The first-order chi connectivity index (χ1) is 15.2. The first-order valence-electron chi connectivity index (χ1n) is 11.2. The van der Waals surface area contributed by atoms with Gasteiger partial charge in [-0.15, -0.1) is 0 Å². The van der Waals surface area contributed by atoms with Crippen molar-refractivity contribution in [3.05, 3.63) is 47.5 Å². The Kier molecular flexibility index (Phi) is 9.85. The number of carbonyl (C=O) groups is 1. The Hall–Kier alpha value is -2.73. The Morgan fingerprint density at radius 1 is 0.875 bits per heavy atom. The molecule has 2 atom stereocenters. The average Bonchev–Trinajstić information content (AvgIpc) is 2.76. The van der Waals surface area contributed by atoms with Crippen LogP contribution in [0.3, 0.4) is 0 Å². The van der Waals surface area contributed by atoms with Crippen LogP contribution in [0.25, 0.3) is 0 Å². The van der Waals surface area contributed by atoms with Crippen LogP contribution in [0.1, 0.15) is 50.7 Å². The van der Waals surface area contributed by atoms with Crippen LogP contribution in [0.5, 0.6) is 23.0 Å². The van der Waals surface area contributed by atoms with Gasteiger partial charge in [-0.3, -0.25) is 4.79 Å². The van der Waals surface area contributed by atoms with Gasteiger partial charge < -0.3 is 24.8 Å². The van der Waals surface area contributed by atoms with E-state index in [2.05, 4.69) is 13.8 Å². The number of phenolic OH excluding ortho intramolecular Hbond substituents is 2. The molecule has 0 unspecified atom stereocenters. The van der Waals surface area contributed by atoms with E-state index in [1.807, 2.05) is 6.07 Å². The van der Waals surface area contributed by atoms with E-state index in [-0.39, 0.29) is 29.6 Å². The van der Waals surface area contributed by atoms with E-state index >= 15 is 0 Å². The molecule has 2 aromatic rings. The number of ketones is 1. The second-order valence-corrected chi connectivity index (χ2v) is 8.75. The number of phenols is 2. The molecule has 0 aliphatic rings. The number of aromatic hydroxyl groups is 2. The van der Waals surface area contributed by atoms with E-state index in [4.69, 9.17) is 9.47 Å². The highest BCUT2D eigenvalue weighted by Gasteiger charge is 2.22. The van der Waals surface area contributed by atoms with Crippen molar-refractivity contribution in [1.29, 1.82) is 0 Å². The topological polar surface area (TPSA) is 96.2 Å². The van der Waals surface area contributed by atoms with Gasteiger partial charge in [-0.2, -0.15) is 0 Å². The van der Waals surface area contributed by atoms with Gasteiger partial charge in [0.15, 0.2) is 23.0 Å². The lowest BCUT2D eigenvalue weighted by Crippen LogP contribution is -2.23. The molecule has 0 radical (unpaired) electrons. The van der Waals surface area contributed by atoms with Crippen LogP contribution in [0, 0.1) is 11.8 Å². The van der Waals surface area contributed by atoms with Crippen LogP contribution < -0.4 is 9.47 Å². The molecule has 3 N–H and O–H groups in total. The van der Waals surface area contributed by atoms with Gasteiger partial charge in [-0.25, -0.2) is 0 Å². The van der Waals surface area contributed by atoms with Crippen molar-refractivity contribution in [2.75, 3.05) is 14.2 Å². The number of benzene rings is 2. The van der Waals surface area contributed by atoms with Crippen molar-refractivity contribution in [1.82, 2.24) is 0 Å². The van der Waals surface area contributed by atoms with Crippen molar-refractivity contribution in [3.8, 4) is 23.0 Å². The fraction of sp³-hybridized carbons (Fsp3) is 0.500. The van der Waals surface area contributed by atoms with Gasteiger partial charge in [-0.1, -0.05) is 32.4 Å². The minimum absolute atomic E-state index is 0.0495.